The first kappa shape index (κ1) is 13.9. The molecule has 2 rings (SSSR count). The molecule has 0 radical (unpaired) electrons. The molecule has 0 saturated carbocycles. The number of benzene rings is 2. The Morgan fingerprint density at radius 2 is 1.80 bits per heavy atom. The first-order chi connectivity index (χ1) is 9.74. The van der Waals surface area contributed by atoms with Gasteiger partial charge in [-0.05, 0) is 36.8 Å². The van der Waals surface area contributed by atoms with E-state index in [-0.39, 0.29) is 0 Å². The molecule has 0 aliphatic carbocycles. The average molecular weight is 271 g/mol. The Kier molecular flexibility index (Phi) is 4.60. The Labute approximate surface area is 118 Å². The zero-order chi connectivity index (χ0) is 14.4. The molecule has 0 atom stereocenters. The van der Waals surface area contributed by atoms with Gasteiger partial charge in [0.1, 0.15) is 18.1 Å². The largest absolute Gasteiger partial charge is 0.497 e. The number of methoxy groups -OCH3 is 1. The number of ether oxygens (including phenoxy) is 2. The summed E-state index contributed by atoms with van der Waals surface area (Å²) in [6.07, 6.45) is 0. The molecule has 104 valence electrons. The number of para-hydroxylation sites is 1. The Hall–Kier alpha value is -2.49. The Bertz CT molecular complexity index is 591. The van der Waals surface area contributed by atoms with Crippen LogP contribution in [-0.4, -0.2) is 18.0 Å². The molecule has 0 amide bonds. The van der Waals surface area contributed by atoms with E-state index in [0.29, 0.717) is 18.1 Å². The maximum atomic E-state index is 8.87. The van der Waals surface area contributed by atoms with E-state index < -0.39 is 0 Å². The molecule has 2 aromatic rings. The van der Waals surface area contributed by atoms with Crippen molar-refractivity contribution in [1.82, 2.24) is 0 Å². The molecule has 0 bridgehead atoms. The van der Waals surface area contributed by atoms with Crippen LogP contribution in [0.5, 0.6) is 11.5 Å². The topological polar surface area (TPSA) is 51.0 Å². The van der Waals surface area contributed by atoms with Gasteiger partial charge in [-0.2, -0.15) is 0 Å². The van der Waals surface area contributed by atoms with E-state index in [1.54, 1.807) is 14.0 Å². The van der Waals surface area contributed by atoms with Crippen molar-refractivity contribution in [3.05, 3.63) is 59.7 Å². The second-order valence-corrected chi connectivity index (χ2v) is 4.32. The molecule has 0 spiro atoms. The monoisotopic (exact) mass is 271 g/mol. The number of hydrogen-bond acceptors (Lipinski definition) is 4. The minimum atomic E-state index is 0.444. The molecule has 1 N–H and O–H groups in total. The molecule has 0 unspecified atom stereocenters. The lowest BCUT2D eigenvalue weighted by Gasteiger charge is -2.11. The highest BCUT2D eigenvalue weighted by molar-refractivity contribution is 6.00. The van der Waals surface area contributed by atoms with Crippen molar-refractivity contribution < 1.29 is 14.7 Å². The number of oxime groups is 1. The van der Waals surface area contributed by atoms with E-state index in [4.69, 9.17) is 14.7 Å². The minimum Gasteiger partial charge on any atom is -0.497 e. The molecular weight excluding hydrogens is 254 g/mol. The standard InChI is InChI=1S/C16H17NO3/c1-12(17-18)15-5-3-4-6-16(15)20-11-13-7-9-14(19-2)10-8-13/h3-10,18H,11H2,1-2H3/b17-12+. The lowest BCUT2D eigenvalue weighted by molar-refractivity contribution is 0.303. The second-order valence-electron chi connectivity index (χ2n) is 4.32. The fourth-order valence-electron chi connectivity index (χ4n) is 1.83. The van der Waals surface area contributed by atoms with E-state index in [9.17, 15) is 0 Å². The van der Waals surface area contributed by atoms with Crippen LogP contribution in [0.2, 0.25) is 0 Å². The first-order valence-corrected chi connectivity index (χ1v) is 6.28. The van der Waals surface area contributed by atoms with Crippen molar-refractivity contribution in [3.63, 3.8) is 0 Å². The lowest BCUT2D eigenvalue weighted by Crippen LogP contribution is -2.02. The predicted octanol–water partition coefficient (Wildman–Crippen LogP) is 3.47. The third-order valence-corrected chi connectivity index (χ3v) is 2.98. The van der Waals surface area contributed by atoms with Crippen molar-refractivity contribution in [1.29, 1.82) is 0 Å². The molecule has 4 nitrogen and oxygen atoms in total. The highest BCUT2D eigenvalue weighted by Crippen LogP contribution is 2.21. The summed E-state index contributed by atoms with van der Waals surface area (Å²) in [7, 11) is 1.64. The summed E-state index contributed by atoms with van der Waals surface area (Å²) < 4.78 is 10.9. The number of rotatable bonds is 5. The van der Waals surface area contributed by atoms with E-state index in [0.717, 1.165) is 16.9 Å². The summed E-state index contributed by atoms with van der Waals surface area (Å²) in [5.41, 5.74) is 2.35. The van der Waals surface area contributed by atoms with Crippen molar-refractivity contribution >= 4 is 5.71 Å². The van der Waals surface area contributed by atoms with Gasteiger partial charge in [-0.15, -0.1) is 0 Å². The molecular formula is C16H17NO3. The Morgan fingerprint density at radius 3 is 2.45 bits per heavy atom. The van der Waals surface area contributed by atoms with Gasteiger partial charge in [0.2, 0.25) is 0 Å². The van der Waals surface area contributed by atoms with Crippen LogP contribution in [0.3, 0.4) is 0 Å². The summed E-state index contributed by atoms with van der Waals surface area (Å²) in [6.45, 7) is 2.18. The van der Waals surface area contributed by atoms with Gasteiger partial charge < -0.3 is 14.7 Å². The third-order valence-electron chi connectivity index (χ3n) is 2.98. The molecule has 0 heterocycles. The molecule has 20 heavy (non-hydrogen) atoms. The third kappa shape index (κ3) is 3.29. The fraction of sp³-hybridized carbons (Fsp3) is 0.188. The number of nitrogens with zero attached hydrogens (tertiary/aromatic N) is 1. The first-order valence-electron chi connectivity index (χ1n) is 6.28. The molecule has 0 aliphatic heterocycles. The average Bonchev–Trinajstić information content (AvgIpc) is 2.53. The molecule has 0 aromatic heterocycles. The van der Waals surface area contributed by atoms with Crippen LogP contribution in [0, 0.1) is 0 Å². The summed E-state index contributed by atoms with van der Waals surface area (Å²) in [6, 6.07) is 15.2. The van der Waals surface area contributed by atoms with Crippen LogP contribution in [0.25, 0.3) is 0 Å². The SMILES string of the molecule is COc1ccc(COc2ccccc2/C(C)=N/O)cc1. The summed E-state index contributed by atoms with van der Waals surface area (Å²) in [5.74, 6) is 1.51. The van der Waals surface area contributed by atoms with Crippen LogP contribution >= 0.6 is 0 Å². The maximum Gasteiger partial charge on any atom is 0.128 e. The fourth-order valence-corrected chi connectivity index (χ4v) is 1.83. The van der Waals surface area contributed by atoms with Gasteiger partial charge in [0.05, 0.1) is 12.8 Å². The molecule has 0 fully saturated rings. The lowest BCUT2D eigenvalue weighted by atomic mass is 10.1. The van der Waals surface area contributed by atoms with Crippen molar-refractivity contribution in [2.75, 3.05) is 7.11 Å². The summed E-state index contributed by atoms with van der Waals surface area (Å²) >= 11 is 0. The van der Waals surface area contributed by atoms with Crippen molar-refractivity contribution in [3.8, 4) is 11.5 Å². The smallest absolute Gasteiger partial charge is 0.128 e. The molecule has 0 aliphatic rings. The van der Waals surface area contributed by atoms with Gasteiger partial charge in [0, 0.05) is 5.56 Å². The normalized spacial score (nSPS) is 11.2. The zero-order valence-electron chi connectivity index (χ0n) is 11.5. The van der Waals surface area contributed by atoms with Gasteiger partial charge in [-0.3, -0.25) is 0 Å². The maximum absolute atomic E-state index is 8.87. The Balaban J connectivity index is 2.10. The Morgan fingerprint density at radius 1 is 1.10 bits per heavy atom. The molecule has 4 heteroatoms. The van der Waals surface area contributed by atoms with Crippen LogP contribution in [-0.2, 0) is 6.61 Å². The van der Waals surface area contributed by atoms with Crippen LogP contribution in [0.1, 0.15) is 18.1 Å². The van der Waals surface area contributed by atoms with Gasteiger partial charge >= 0.3 is 0 Å². The molecule has 0 saturated heterocycles. The van der Waals surface area contributed by atoms with E-state index >= 15 is 0 Å². The highest BCUT2D eigenvalue weighted by atomic mass is 16.5. The van der Waals surface area contributed by atoms with Crippen LogP contribution in [0.4, 0.5) is 0 Å². The molecule has 2 aromatic carbocycles. The number of hydrogen-bond donors (Lipinski definition) is 1. The summed E-state index contributed by atoms with van der Waals surface area (Å²) in [4.78, 5) is 0. The van der Waals surface area contributed by atoms with Crippen molar-refractivity contribution in [2.24, 2.45) is 5.16 Å². The van der Waals surface area contributed by atoms with E-state index in [2.05, 4.69) is 5.16 Å². The summed E-state index contributed by atoms with van der Waals surface area (Å²) in [5, 5.41) is 12.1. The zero-order valence-corrected chi connectivity index (χ0v) is 11.5. The van der Waals surface area contributed by atoms with Gasteiger partial charge in [-0.1, -0.05) is 29.4 Å². The van der Waals surface area contributed by atoms with E-state index in [1.165, 1.54) is 0 Å². The quantitative estimate of drug-likeness (QED) is 0.514. The minimum absolute atomic E-state index is 0.444. The second kappa shape index (κ2) is 6.61. The highest BCUT2D eigenvalue weighted by Gasteiger charge is 2.06. The van der Waals surface area contributed by atoms with Gasteiger partial charge in [-0.25, -0.2) is 0 Å². The van der Waals surface area contributed by atoms with E-state index in [1.807, 2.05) is 48.5 Å². The van der Waals surface area contributed by atoms with Crippen LogP contribution in [0.15, 0.2) is 53.7 Å². The van der Waals surface area contributed by atoms with Crippen LogP contribution < -0.4 is 9.47 Å². The van der Waals surface area contributed by atoms with Crippen molar-refractivity contribution in [2.45, 2.75) is 13.5 Å². The van der Waals surface area contributed by atoms with Gasteiger partial charge in [0.25, 0.3) is 0 Å². The predicted molar refractivity (Wildman–Crippen MR) is 77.8 cm³/mol. The van der Waals surface area contributed by atoms with Gasteiger partial charge in [0.15, 0.2) is 0 Å².